The fraction of sp³-hybridized carbons (Fsp3) is 0.103. The number of amides is 2. The number of carbonyl (C=O) groups is 2. The van der Waals surface area contributed by atoms with Crippen LogP contribution in [0.2, 0.25) is 0 Å². The molecule has 0 radical (unpaired) electrons. The summed E-state index contributed by atoms with van der Waals surface area (Å²) in [4.78, 5) is 26.2. The number of nitrogens with one attached hydrogen (secondary N) is 2. The average molecular weight is 545 g/mol. The maximum atomic E-state index is 13.4. The summed E-state index contributed by atoms with van der Waals surface area (Å²) in [5.74, 6) is -0.484. The lowest BCUT2D eigenvalue weighted by Gasteiger charge is -2.20. The topological polar surface area (TPSA) is 154 Å². The second-order valence-corrected chi connectivity index (χ2v) is 10.3. The van der Waals surface area contributed by atoms with Crippen molar-refractivity contribution in [2.75, 3.05) is 5.32 Å². The fourth-order valence-corrected chi connectivity index (χ4v) is 4.42. The summed E-state index contributed by atoms with van der Waals surface area (Å²) in [5, 5.41) is 10.7. The van der Waals surface area contributed by atoms with E-state index in [1.165, 1.54) is 12.1 Å². The highest BCUT2D eigenvalue weighted by Crippen LogP contribution is 2.26. The quantitative estimate of drug-likeness (QED) is 0.249. The number of alkyl carbamates (subject to hydrolysis) is 1. The molecule has 2 amide bonds. The van der Waals surface area contributed by atoms with E-state index in [4.69, 9.17) is 15.6 Å². The highest BCUT2D eigenvalue weighted by Gasteiger charge is 2.24. The van der Waals surface area contributed by atoms with Crippen LogP contribution in [0.15, 0.2) is 108 Å². The molecule has 4 aromatic rings. The molecule has 6 N–H and O–H groups in total. The van der Waals surface area contributed by atoms with E-state index in [0.717, 1.165) is 11.1 Å². The number of hydrogen-bond donors (Lipinski definition) is 4. The molecule has 4 aromatic carbocycles. The van der Waals surface area contributed by atoms with Crippen molar-refractivity contribution < 1.29 is 22.7 Å². The molecule has 0 aliphatic carbocycles. The van der Waals surface area contributed by atoms with Gasteiger partial charge in [-0.05, 0) is 58.1 Å². The Morgan fingerprint density at radius 3 is 2.18 bits per heavy atom. The van der Waals surface area contributed by atoms with Crippen LogP contribution in [-0.2, 0) is 32.7 Å². The molecule has 1 atom stereocenters. The molecule has 0 saturated carbocycles. The van der Waals surface area contributed by atoms with Crippen molar-refractivity contribution in [3.63, 3.8) is 0 Å². The number of anilines is 1. The van der Waals surface area contributed by atoms with Crippen LogP contribution < -0.4 is 21.5 Å². The minimum Gasteiger partial charge on any atom is -0.445 e. The summed E-state index contributed by atoms with van der Waals surface area (Å²) in [5.41, 5.74) is 9.79. The van der Waals surface area contributed by atoms with Gasteiger partial charge in [-0.1, -0.05) is 72.8 Å². The van der Waals surface area contributed by atoms with E-state index in [9.17, 15) is 18.0 Å². The molecular weight excluding hydrogens is 516 g/mol. The first kappa shape index (κ1) is 27.5. The Labute approximate surface area is 226 Å². The van der Waals surface area contributed by atoms with Gasteiger partial charge in [0.25, 0.3) is 5.91 Å². The van der Waals surface area contributed by atoms with Crippen LogP contribution in [0.5, 0.6) is 0 Å². The molecule has 0 aliphatic heterocycles. The standard InChI is InChI=1S/C29H28N4O5S/c30-18-21-8-4-11-25(16-21)32-28(34)27(33-29(35)38-19-20-6-2-1-3-7-20)24-10-5-9-23(17-24)22-12-14-26(15-13-22)39(31,36)37/h1-17,27H,18-19,30H2,(H,32,34)(H,33,35)(H2,31,36,37)/t27-/m1/s1. The van der Waals surface area contributed by atoms with Gasteiger partial charge < -0.3 is 21.1 Å². The number of primary sulfonamides is 1. The third-order valence-corrected chi connectivity index (χ3v) is 6.83. The summed E-state index contributed by atoms with van der Waals surface area (Å²) in [6, 6.07) is 28.2. The molecule has 4 rings (SSSR count). The van der Waals surface area contributed by atoms with E-state index < -0.39 is 28.1 Å². The lowest BCUT2D eigenvalue weighted by atomic mass is 9.99. The minimum atomic E-state index is -3.83. The number of nitrogens with two attached hydrogens (primary N) is 2. The van der Waals surface area contributed by atoms with Crippen molar-refractivity contribution in [2.45, 2.75) is 24.1 Å². The van der Waals surface area contributed by atoms with E-state index in [-0.39, 0.29) is 11.5 Å². The number of carbonyl (C=O) groups excluding carboxylic acids is 2. The average Bonchev–Trinajstić information content (AvgIpc) is 2.95. The first-order chi connectivity index (χ1) is 18.7. The van der Waals surface area contributed by atoms with Crippen LogP contribution in [0.4, 0.5) is 10.5 Å². The van der Waals surface area contributed by atoms with Crippen LogP contribution in [0, 0.1) is 0 Å². The predicted molar refractivity (Wildman–Crippen MR) is 149 cm³/mol. The van der Waals surface area contributed by atoms with Gasteiger partial charge in [0.2, 0.25) is 10.0 Å². The summed E-state index contributed by atoms with van der Waals surface area (Å²) < 4.78 is 28.6. The van der Waals surface area contributed by atoms with Gasteiger partial charge in [0.05, 0.1) is 4.90 Å². The predicted octanol–water partition coefficient (Wildman–Crippen LogP) is 4.07. The molecule has 10 heteroatoms. The van der Waals surface area contributed by atoms with Crippen molar-refractivity contribution in [1.29, 1.82) is 0 Å². The van der Waals surface area contributed by atoms with Crippen molar-refractivity contribution >= 4 is 27.7 Å². The maximum absolute atomic E-state index is 13.4. The van der Waals surface area contributed by atoms with E-state index in [0.29, 0.717) is 28.9 Å². The molecule has 0 aromatic heterocycles. The van der Waals surface area contributed by atoms with E-state index in [1.807, 2.05) is 42.5 Å². The largest absolute Gasteiger partial charge is 0.445 e. The zero-order chi connectivity index (χ0) is 27.8. The Hall–Kier alpha value is -4.51. The van der Waals surface area contributed by atoms with E-state index in [2.05, 4.69) is 10.6 Å². The lowest BCUT2D eigenvalue weighted by Crippen LogP contribution is -2.37. The van der Waals surface area contributed by atoms with Crippen LogP contribution in [0.1, 0.15) is 22.7 Å². The SMILES string of the molecule is NCc1cccc(NC(=O)[C@H](NC(=O)OCc2ccccc2)c2cccc(-c3ccc(S(N)(=O)=O)cc3)c2)c1. The first-order valence-corrected chi connectivity index (χ1v) is 13.6. The van der Waals surface area contributed by atoms with Gasteiger partial charge in [0.1, 0.15) is 12.6 Å². The smallest absolute Gasteiger partial charge is 0.408 e. The molecule has 39 heavy (non-hydrogen) atoms. The fourth-order valence-electron chi connectivity index (χ4n) is 3.91. The monoisotopic (exact) mass is 544 g/mol. The van der Waals surface area contributed by atoms with Gasteiger partial charge in [-0.15, -0.1) is 0 Å². The Morgan fingerprint density at radius 2 is 1.49 bits per heavy atom. The Bertz CT molecular complexity index is 1560. The molecule has 0 spiro atoms. The van der Waals surface area contributed by atoms with Gasteiger partial charge in [-0.25, -0.2) is 18.4 Å². The van der Waals surface area contributed by atoms with Crippen LogP contribution in [0.25, 0.3) is 11.1 Å². The molecule has 0 bridgehead atoms. The Kier molecular flexibility index (Phi) is 8.72. The van der Waals surface area contributed by atoms with Gasteiger partial charge in [-0.2, -0.15) is 0 Å². The molecule has 200 valence electrons. The second kappa shape index (κ2) is 12.4. The van der Waals surface area contributed by atoms with Crippen LogP contribution >= 0.6 is 0 Å². The number of benzene rings is 4. The minimum absolute atomic E-state index is 0.0119. The summed E-state index contributed by atoms with van der Waals surface area (Å²) in [6.45, 7) is 0.347. The van der Waals surface area contributed by atoms with E-state index in [1.54, 1.807) is 48.5 Å². The molecule has 0 fully saturated rings. The van der Waals surface area contributed by atoms with Gasteiger partial charge in [0, 0.05) is 12.2 Å². The van der Waals surface area contributed by atoms with Crippen molar-refractivity contribution in [3.05, 3.63) is 120 Å². The maximum Gasteiger partial charge on any atom is 0.408 e. The summed E-state index contributed by atoms with van der Waals surface area (Å²) in [6.07, 6.45) is -0.766. The molecular formula is C29H28N4O5S. The zero-order valence-corrected chi connectivity index (χ0v) is 21.7. The summed E-state index contributed by atoms with van der Waals surface area (Å²) >= 11 is 0. The number of rotatable bonds is 9. The number of hydrogen-bond acceptors (Lipinski definition) is 6. The Balaban J connectivity index is 1.60. The molecule has 0 heterocycles. The van der Waals surface area contributed by atoms with Crippen molar-refractivity contribution in [2.24, 2.45) is 10.9 Å². The highest BCUT2D eigenvalue weighted by atomic mass is 32.2. The van der Waals surface area contributed by atoms with Gasteiger partial charge in [0.15, 0.2) is 0 Å². The first-order valence-electron chi connectivity index (χ1n) is 12.0. The van der Waals surface area contributed by atoms with Crippen LogP contribution in [-0.4, -0.2) is 20.4 Å². The molecule has 0 aliphatic rings. The molecule has 0 saturated heterocycles. The van der Waals surface area contributed by atoms with Crippen LogP contribution in [0.3, 0.4) is 0 Å². The lowest BCUT2D eigenvalue weighted by molar-refractivity contribution is -0.118. The number of sulfonamides is 1. The van der Waals surface area contributed by atoms with Gasteiger partial charge >= 0.3 is 6.09 Å². The van der Waals surface area contributed by atoms with E-state index >= 15 is 0 Å². The molecule has 0 unspecified atom stereocenters. The zero-order valence-electron chi connectivity index (χ0n) is 20.9. The van der Waals surface area contributed by atoms with Crippen molar-refractivity contribution in [1.82, 2.24) is 5.32 Å². The second-order valence-electron chi connectivity index (χ2n) is 8.73. The highest BCUT2D eigenvalue weighted by molar-refractivity contribution is 7.89. The number of ether oxygens (including phenoxy) is 1. The summed E-state index contributed by atoms with van der Waals surface area (Å²) in [7, 11) is -3.83. The Morgan fingerprint density at radius 1 is 0.795 bits per heavy atom. The third-order valence-electron chi connectivity index (χ3n) is 5.90. The normalized spacial score (nSPS) is 11.8. The van der Waals surface area contributed by atoms with Crippen molar-refractivity contribution in [3.8, 4) is 11.1 Å². The molecule has 9 nitrogen and oxygen atoms in total. The van der Waals surface area contributed by atoms with Gasteiger partial charge in [-0.3, -0.25) is 4.79 Å². The third kappa shape index (κ3) is 7.51.